The van der Waals surface area contributed by atoms with Gasteiger partial charge in [-0.2, -0.15) is 18.4 Å². The summed E-state index contributed by atoms with van der Waals surface area (Å²) < 4.78 is 43.5. The van der Waals surface area contributed by atoms with Gasteiger partial charge in [-0.05, 0) is 30.9 Å². The van der Waals surface area contributed by atoms with Crippen LogP contribution in [0, 0.1) is 17.2 Å². The zero-order valence-corrected chi connectivity index (χ0v) is 13.9. The van der Waals surface area contributed by atoms with Crippen molar-refractivity contribution in [2.75, 3.05) is 24.6 Å². The highest BCUT2D eigenvalue weighted by molar-refractivity contribution is 5.57. The van der Waals surface area contributed by atoms with Crippen LogP contribution in [0.4, 0.5) is 18.9 Å². The van der Waals surface area contributed by atoms with Crippen molar-refractivity contribution in [3.63, 3.8) is 0 Å². The maximum Gasteiger partial charge on any atom is 0.433 e. The van der Waals surface area contributed by atoms with Crippen molar-refractivity contribution in [3.8, 4) is 11.9 Å². The molecule has 0 N–H and O–H groups in total. The van der Waals surface area contributed by atoms with Crippen LogP contribution in [0.5, 0.6) is 5.88 Å². The summed E-state index contributed by atoms with van der Waals surface area (Å²) in [5, 5.41) is 9.18. The van der Waals surface area contributed by atoms with Crippen LogP contribution in [0.1, 0.15) is 24.1 Å². The van der Waals surface area contributed by atoms with Gasteiger partial charge in [-0.25, -0.2) is 4.98 Å². The van der Waals surface area contributed by atoms with Crippen molar-refractivity contribution in [2.24, 2.45) is 5.92 Å². The van der Waals surface area contributed by atoms with E-state index in [1.54, 1.807) is 18.5 Å². The number of aromatic nitrogens is 2. The summed E-state index contributed by atoms with van der Waals surface area (Å²) in [5.41, 5.74) is 0.446. The molecule has 26 heavy (non-hydrogen) atoms. The van der Waals surface area contributed by atoms with E-state index >= 15 is 0 Å². The lowest BCUT2D eigenvalue weighted by Gasteiger charge is -2.33. The summed E-state index contributed by atoms with van der Waals surface area (Å²) in [6, 6.07) is 7.49. The highest BCUT2D eigenvalue weighted by atomic mass is 19.4. The minimum absolute atomic E-state index is 0.0127. The predicted molar refractivity (Wildman–Crippen MR) is 88.6 cm³/mol. The van der Waals surface area contributed by atoms with E-state index in [-0.39, 0.29) is 11.8 Å². The van der Waals surface area contributed by atoms with Gasteiger partial charge >= 0.3 is 6.18 Å². The minimum atomic E-state index is -4.48. The monoisotopic (exact) mass is 362 g/mol. The molecule has 0 amide bonds. The average Bonchev–Trinajstić information content (AvgIpc) is 2.66. The van der Waals surface area contributed by atoms with Crippen molar-refractivity contribution >= 4 is 5.69 Å². The molecule has 0 aliphatic carbocycles. The molecule has 0 bridgehead atoms. The van der Waals surface area contributed by atoms with Crippen LogP contribution in [0.25, 0.3) is 0 Å². The molecular formula is C18H17F3N4O. The molecular weight excluding hydrogens is 345 g/mol. The van der Waals surface area contributed by atoms with Gasteiger partial charge in [0.05, 0.1) is 24.1 Å². The maximum atomic E-state index is 12.7. The van der Waals surface area contributed by atoms with E-state index in [0.29, 0.717) is 12.2 Å². The number of pyridine rings is 2. The molecule has 3 rings (SSSR count). The normalized spacial score (nSPS) is 15.5. The van der Waals surface area contributed by atoms with Crippen LogP contribution in [-0.2, 0) is 6.18 Å². The Morgan fingerprint density at radius 3 is 2.69 bits per heavy atom. The van der Waals surface area contributed by atoms with E-state index in [9.17, 15) is 18.4 Å². The van der Waals surface area contributed by atoms with E-state index in [0.717, 1.165) is 37.7 Å². The number of nitriles is 1. The Labute approximate surface area is 149 Å². The van der Waals surface area contributed by atoms with Crippen molar-refractivity contribution < 1.29 is 17.9 Å². The van der Waals surface area contributed by atoms with Crippen LogP contribution in [-0.4, -0.2) is 29.7 Å². The third-order valence-corrected chi connectivity index (χ3v) is 4.36. The molecule has 0 unspecified atom stereocenters. The van der Waals surface area contributed by atoms with Crippen molar-refractivity contribution in [1.82, 2.24) is 9.97 Å². The first kappa shape index (κ1) is 18.0. The molecule has 1 saturated heterocycles. The Bertz CT molecular complexity index is 796. The van der Waals surface area contributed by atoms with Gasteiger partial charge in [-0.1, -0.05) is 6.07 Å². The van der Waals surface area contributed by atoms with Crippen molar-refractivity contribution in [2.45, 2.75) is 19.0 Å². The fourth-order valence-corrected chi connectivity index (χ4v) is 2.93. The molecule has 3 heterocycles. The smallest absolute Gasteiger partial charge is 0.433 e. The molecule has 1 aliphatic heterocycles. The van der Waals surface area contributed by atoms with Gasteiger partial charge in [0.25, 0.3) is 0 Å². The summed E-state index contributed by atoms with van der Waals surface area (Å²) in [6.45, 7) is 1.80. The first-order valence-electron chi connectivity index (χ1n) is 8.23. The lowest BCUT2D eigenvalue weighted by atomic mass is 9.97. The molecule has 0 spiro atoms. The fraction of sp³-hybridized carbons (Fsp3) is 0.389. The fourth-order valence-electron chi connectivity index (χ4n) is 2.93. The molecule has 0 radical (unpaired) electrons. The number of hydrogen-bond acceptors (Lipinski definition) is 5. The molecule has 2 aromatic rings. The SMILES string of the molecule is N#Cc1ccncc1N1CCC(COc2cccc(C(F)(F)F)n2)CC1. The number of nitrogens with zero attached hydrogens (tertiary/aromatic N) is 4. The van der Waals surface area contributed by atoms with Gasteiger partial charge in [0.1, 0.15) is 11.8 Å². The molecule has 1 aliphatic rings. The maximum absolute atomic E-state index is 12.7. The number of halogens is 3. The Hall–Kier alpha value is -2.82. The topological polar surface area (TPSA) is 62.0 Å². The highest BCUT2D eigenvalue weighted by Gasteiger charge is 2.32. The summed E-state index contributed by atoms with van der Waals surface area (Å²) in [7, 11) is 0. The van der Waals surface area contributed by atoms with Gasteiger partial charge in [0.15, 0.2) is 0 Å². The molecule has 8 heteroatoms. The number of ether oxygens (including phenoxy) is 1. The van der Waals surface area contributed by atoms with Gasteiger partial charge in [-0.15, -0.1) is 0 Å². The van der Waals surface area contributed by atoms with E-state index in [1.165, 1.54) is 12.1 Å². The summed E-state index contributed by atoms with van der Waals surface area (Å²) in [4.78, 5) is 9.69. The first-order chi connectivity index (χ1) is 12.5. The number of hydrogen-bond donors (Lipinski definition) is 0. The molecule has 5 nitrogen and oxygen atoms in total. The van der Waals surface area contributed by atoms with Crippen LogP contribution < -0.4 is 9.64 Å². The van der Waals surface area contributed by atoms with Gasteiger partial charge < -0.3 is 9.64 Å². The molecule has 0 saturated carbocycles. The van der Waals surface area contributed by atoms with Crippen LogP contribution in [0.15, 0.2) is 36.7 Å². The largest absolute Gasteiger partial charge is 0.477 e. The average molecular weight is 362 g/mol. The van der Waals surface area contributed by atoms with E-state index in [4.69, 9.17) is 4.74 Å². The second-order valence-electron chi connectivity index (χ2n) is 6.10. The zero-order chi connectivity index (χ0) is 18.6. The van der Waals surface area contributed by atoms with Crippen molar-refractivity contribution in [1.29, 1.82) is 5.26 Å². The molecule has 0 aromatic carbocycles. The standard InChI is InChI=1S/C18H17F3N4O/c19-18(20,21)16-2-1-3-17(24-16)26-12-13-5-8-25(9-6-13)15-11-23-7-4-14(15)10-22/h1-4,7,11,13H,5-6,8-9,12H2. The van der Waals surface area contributed by atoms with E-state index < -0.39 is 11.9 Å². The second-order valence-corrected chi connectivity index (χ2v) is 6.10. The van der Waals surface area contributed by atoms with Gasteiger partial charge in [0, 0.05) is 25.4 Å². The predicted octanol–water partition coefficient (Wildman–Crippen LogP) is 3.66. The first-order valence-corrected chi connectivity index (χ1v) is 8.23. The third-order valence-electron chi connectivity index (χ3n) is 4.36. The quantitative estimate of drug-likeness (QED) is 0.831. The van der Waals surface area contributed by atoms with Gasteiger partial charge in [0.2, 0.25) is 5.88 Å². The number of rotatable bonds is 4. The highest BCUT2D eigenvalue weighted by Crippen LogP contribution is 2.29. The van der Waals surface area contributed by atoms with Crippen molar-refractivity contribution in [3.05, 3.63) is 47.9 Å². The molecule has 2 aromatic heterocycles. The summed E-state index contributed by atoms with van der Waals surface area (Å²) >= 11 is 0. The lowest BCUT2D eigenvalue weighted by Crippen LogP contribution is -2.36. The number of anilines is 1. The third kappa shape index (κ3) is 4.23. The summed E-state index contributed by atoms with van der Waals surface area (Å²) in [6.07, 6.45) is 0.428. The second kappa shape index (κ2) is 7.60. The molecule has 1 fully saturated rings. The number of alkyl halides is 3. The van der Waals surface area contributed by atoms with Gasteiger partial charge in [-0.3, -0.25) is 4.98 Å². The van der Waals surface area contributed by atoms with Crippen LogP contribution >= 0.6 is 0 Å². The Morgan fingerprint density at radius 2 is 2.00 bits per heavy atom. The number of piperidine rings is 1. The zero-order valence-electron chi connectivity index (χ0n) is 13.9. The summed E-state index contributed by atoms with van der Waals surface area (Å²) in [5.74, 6) is 0.214. The molecule has 136 valence electrons. The Balaban J connectivity index is 1.54. The van der Waals surface area contributed by atoms with E-state index in [2.05, 4.69) is 20.9 Å². The lowest BCUT2D eigenvalue weighted by molar-refractivity contribution is -0.141. The minimum Gasteiger partial charge on any atom is -0.477 e. The van der Waals surface area contributed by atoms with Crippen LogP contribution in [0.2, 0.25) is 0 Å². The van der Waals surface area contributed by atoms with Crippen LogP contribution in [0.3, 0.4) is 0 Å². The Kier molecular flexibility index (Phi) is 5.26. The van der Waals surface area contributed by atoms with E-state index in [1.807, 2.05) is 0 Å². The molecule has 0 atom stereocenters. The Morgan fingerprint density at radius 1 is 1.23 bits per heavy atom.